The molecule has 0 radical (unpaired) electrons. The predicted molar refractivity (Wildman–Crippen MR) is 95.4 cm³/mol. The molecule has 0 bridgehead atoms. The van der Waals surface area contributed by atoms with Crippen LogP contribution in [0.25, 0.3) is 0 Å². The molecule has 1 aromatic carbocycles. The Morgan fingerprint density at radius 2 is 1.58 bits per heavy atom. The van der Waals surface area contributed by atoms with Crippen LogP contribution in [0.4, 0.5) is 0 Å². The van der Waals surface area contributed by atoms with E-state index in [0.717, 1.165) is 5.56 Å². The minimum Gasteiger partial charge on any atom is -0.379 e. The standard InChI is InChI=1S/C19H30N2O3/c1-18(2,3)16(22)20-11-12-24-14-19(4,5)17(23)21-13-15-9-7-6-8-10-15/h6-10H,11-14H2,1-5H3,(H,20,22)(H,21,23). The molecule has 0 fully saturated rings. The first-order chi connectivity index (χ1) is 11.1. The lowest BCUT2D eigenvalue weighted by Crippen LogP contribution is -2.41. The summed E-state index contributed by atoms with van der Waals surface area (Å²) in [5.74, 6) is -0.0592. The molecule has 5 heteroatoms. The van der Waals surface area contributed by atoms with Crippen LogP contribution in [0, 0.1) is 10.8 Å². The second-order valence-corrected chi connectivity index (χ2v) is 7.61. The zero-order valence-corrected chi connectivity index (χ0v) is 15.4. The molecule has 0 aliphatic heterocycles. The average Bonchev–Trinajstić information content (AvgIpc) is 2.52. The molecule has 2 amide bonds. The van der Waals surface area contributed by atoms with E-state index in [2.05, 4.69) is 10.6 Å². The van der Waals surface area contributed by atoms with Crippen LogP contribution in [0.1, 0.15) is 40.2 Å². The summed E-state index contributed by atoms with van der Waals surface area (Å²) in [6.45, 7) is 10.9. The minimum atomic E-state index is -0.622. The number of hydrogen-bond donors (Lipinski definition) is 2. The lowest BCUT2D eigenvalue weighted by Gasteiger charge is -2.24. The van der Waals surface area contributed by atoms with Crippen molar-refractivity contribution < 1.29 is 14.3 Å². The van der Waals surface area contributed by atoms with Crippen molar-refractivity contribution in [2.24, 2.45) is 10.8 Å². The Labute approximate surface area is 145 Å². The van der Waals surface area contributed by atoms with Crippen molar-refractivity contribution in [3.8, 4) is 0 Å². The van der Waals surface area contributed by atoms with Crippen molar-refractivity contribution in [3.63, 3.8) is 0 Å². The third-order valence-electron chi connectivity index (χ3n) is 3.59. The Balaban J connectivity index is 2.27. The van der Waals surface area contributed by atoms with E-state index in [1.54, 1.807) is 0 Å². The average molecular weight is 334 g/mol. The van der Waals surface area contributed by atoms with Gasteiger partial charge in [0.2, 0.25) is 11.8 Å². The normalized spacial score (nSPS) is 11.9. The van der Waals surface area contributed by atoms with Crippen LogP contribution in [0.15, 0.2) is 30.3 Å². The Kier molecular flexibility index (Phi) is 7.42. The van der Waals surface area contributed by atoms with Crippen molar-refractivity contribution in [3.05, 3.63) is 35.9 Å². The lowest BCUT2D eigenvalue weighted by atomic mass is 9.93. The molecular weight excluding hydrogens is 304 g/mol. The number of rotatable bonds is 8. The highest BCUT2D eigenvalue weighted by atomic mass is 16.5. The second-order valence-electron chi connectivity index (χ2n) is 7.61. The van der Waals surface area contributed by atoms with E-state index in [0.29, 0.717) is 26.3 Å². The molecule has 0 aliphatic rings. The fourth-order valence-corrected chi connectivity index (χ4v) is 1.91. The van der Waals surface area contributed by atoms with E-state index >= 15 is 0 Å². The van der Waals surface area contributed by atoms with Crippen LogP contribution < -0.4 is 10.6 Å². The van der Waals surface area contributed by atoms with Crippen LogP contribution in [-0.2, 0) is 20.9 Å². The van der Waals surface area contributed by atoms with Crippen molar-refractivity contribution in [2.45, 2.75) is 41.2 Å². The summed E-state index contributed by atoms with van der Waals surface area (Å²) >= 11 is 0. The number of amides is 2. The lowest BCUT2D eigenvalue weighted by molar-refractivity contribution is -0.133. The smallest absolute Gasteiger partial charge is 0.228 e. The van der Waals surface area contributed by atoms with Crippen molar-refractivity contribution in [2.75, 3.05) is 19.8 Å². The fraction of sp³-hybridized carbons (Fsp3) is 0.579. The van der Waals surface area contributed by atoms with Gasteiger partial charge >= 0.3 is 0 Å². The monoisotopic (exact) mass is 334 g/mol. The topological polar surface area (TPSA) is 67.4 Å². The summed E-state index contributed by atoms with van der Waals surface area (Å²) in [6.07, 6.45) is 0. The fourth-order valence-electron chi connectivity index (χ4n) is 1.91. The molecule has 1 aromatic rings. The maximum absolute atomic E-state index is 12.3. The van der Waals surface area contributed by atoms with Gasteiger partial charge in [0.15, 0.2) is 0 Å². The first kappa shape index (κ1) is 20.2. The zero-order valence-electron chi connectivity index (χ0n) is 15.4. The van der Waals surface area contributed by atoms with Gasteiger partial charge in [0, 0.05) is 18.5 Å². The Bertz CT molecular complexity index is 533. The van der Waals surface area contributed by atoms with Crippen molar-refractivity contribution in [1.29, 1.82) is 0 Å². The number of benzene rings is 1. The van der Waals surface area contributed by atoms with Gasteiger partial charge in [0.1, 0.15) is 0 Å². The molecule has 0 aliphatic carbocycles. The number of carbonyl (C=O) groups excluding carboxylic acids is 2. The van der Waals surface area contributed by atoms with Gasteiger partial charge in [0.25, 0.3) is 0 Å². The van der Waals surface area contributed by atoms with Gasteiger partial charge in [-0.3, -0.25) is 9.59 Å². The molecule has 5 nitrogen and oxygen atoms in total. The van der Waals surface area contributed by atoms with E-state index < -0.39 is 10.8 Å². The molecule has 0 unspecified atom stereocenters. The van der Waals surface area contributed by atoms with Gasteiger partial charge in [-0.2, -0.15) is 0 Å². The van der Waals surface area contributed by atoms with E-state index in [1.807, 2.05) is 65.0 Å². The molecule has 0 spiro atoms. The molecule has 0 atom stereocenters. The van der Waals surface area contributed by atoms with E-state index in [1.165, 1.54) is 0 Å². The van der Waals surface area contributed by atoms with Crippen molar-refractivity contribution in [1.82, 2.24) is 10.6 Å². The third-order valence-corrected chi connectivity index (χ3v) is 3.59. The van der Waals surface area contributed by atoms with Crippen LogP contribution in [0.5, 0.6) is 0 Å². The SMILES string of the molecule is CC(C)(C)C(=O)NCCOCC(C)(C)C(=O)NCc1ccccc1. The number of carbonyl (C=O) groups is 2. The summed E-state index contributed by atoms with van der Waals surface area (Å²) in [7, 11) is 0. The van der Waals surface area contributed by atoms with Crippen LogP contribution in [0.2, 0.25) is 0 Å². The first-order valence-electron chi connectivity index (χ1n) is 8.31. The molecule has 2 N–H and O–H groups in total. The Morgan fingerprint density at radius 3 is 2.17 bits per heavy atom. The van der Waals surface area contributed by atoms with Gasteiger partial charge in [-0.1, -0.05) is 51.1 Å². The summed E-state index contributed by atoms with van der Waals surface area (Å²) in [4.78, 5) is 24.0. The Morgan fingerprint density at radius 1 is 0.958 bits per heavy atom. The number of hydrogen-bond acceptors (Lipinski definition) is 3. The molecule has 0 aromatic heterocycles. The van der Waals surface area contributed by atoms with E-state index in [-0.39, 0.29) is 11.8 Å². The third kappa shape index (κ3) is 7.13. The van der Waals surface area contributed by atoms with Gasteiger partial charge in [-0.05, 0) is 19.4 Å². The van der Waals surface area contributed by atoms with Crippen LogP contribution in [0.3, 0.4) is 0 Å². The number of ether oxygens (including phenoxy) is 1. The molecule has 0 saturated heterocycles. The largest absolute Gasteiger partial charge is 0.379 e. The highest BCUT2D eigenvalue weighted by molar-refractivity contribution is 5.82. The highest BCUT2D eigenvalue weighted by Gasteiger charge is 2.27. The molecular formula is C19H30N2O3. The zero-order chi connectivity index (χ0) is 18.2. The predicted octanol–water partition coefficient (Wildman–Crippen LogP) is 2.51. The molecule has 0 heterocycles. The van der Waals surface area contributed by atoms with Gasteiger partial charge < -0.3 is 15.4 Å². The second kappa shape index (κ2) is 8.83. The molecule has 24 heavy (non-hydrogen) atoms. The van der Waals surface area contributed by atoms with E-state index in [9.17, 15) is 9.59 Å². The summed E-state index contributed by atoms with van der Waals surface area (Å²) in [5, 5.41) is 5.75. The summed E-state index contributed by atoms with van der Waals surface area (Å²) in [6, 6.07) is 9.79. The van der Waals surface area contributed by atoms with E-state index in [4.69, 9.17) is 4.74 Å². The minimum absolute atomic E-state index is 0.00837. The van der Waals surface area contributed by atoms with Crippen LogP contribution in [-0.4, -0.2) is 31.6 Å². The van der Waals surface area contributed by atoms with Gasteiger partial charge in [-0.15, -0.1) is 0 Å². The van der Waals surface area contributed by atoms with Crippen molar-refractivity contribution >= 4 is 11.8 Å². The highest BCUT2D eigenvalue weighted by Crippen LogP contribution is 2.16. The molecule has 134 valence electrons. The summed E-state index contributed by atoms with van der Waals surface area (Å²) < 4.78 is 5.56. The molecule has 0 saturated carbocycles. The van der Waals surface area contributed by atoms with Gasteiger partial charge in [0.05, 0.1) is 18.6 Å². The maximum atomic E-state index is 12.3. The quantitative estimate of drug-likeness (QED) is 0.718. The summed E-state index contributed by atoms with van der Waals surface area (Å²) in [5.41, 5.74) is 0.0341. The first-order valence-corrected chi connectivity index (χ1v) is 8.31. The van der Waals surface area contributed by atoms with Crippen LogP contribution >= 0.6 is 0 Å². The Hall–Kier alpha value is -1.88. The molecule has 1 rings (SSSR count). The van der Waals surface area contributed by atoms with Gasteiger partial charge in [-0.25, -0.2) is 0 Å². The number of nitrogens with one attached hydrogen (secondary N) is 2. The maximum Gasteiger partial charge on any atom is 0.228 e.